The maximum Gasteiger partial charge on any atom is 0.230 e. The monoisotopic (exact) mass is 376 g/mol. The van der Waals surface area contributed by atoms with Gasteiger partial charge in [-0.05, 0) is 44.5 Å². The summed E-state index contributed by atoms with van der Waals surface area (Å²) in [5, 5.41) is 6.48. The van der Waals surface area contributed by atoms with Crippen LogP contribution >= 0.6 is 11.8 Å². The standard InChI is InChI=1S/C19H28N4O2S/c1-15-3-4-17-22-16(10-23(17)9-15)11-26-12-18(24)21-13-19(14-25-2)5-7-20-8-6-19/h3-4,9-10,20H,5-8,11-14H2,1-2H3,(H,21,24). The summed E-state index contributed by atoms with van der Waals surface area (Å²) in [7, 11) is 1.73. The number of aromatic nitrogens is 2. The number of nitrogens with one attached hydrogen (secondary N) is 2. The lowest BCUT2D eigenvalue weighted by molar-refractivity contribution is -0.119. The molecule has 26 heavy (non-hydrogen) atoms. The van der Waals surface area contributed by atoms with Crippen LogP contribution in [0.2, 0.25) is 0 Å². The van der Waals surface area contributed by atoms with E-state index in [1.807, 2.05) is 16.7 Å². The quantitative estimate of drug-likeness (QED) is 0.738. The third-order valence-electron chi connectivity index (χ3n) is 4.91. The van der Waals surface area contributed by atoms with Crippen molar-refractivity contribution in [2.24, 2.45) is 5.41 Å². The number of imidazole rings is 1. The zero-order valence-electron chi connectivity index (χ0n) is 15.6. The van der Waals surface area contributed by atoms with Crippen molar-refractivity contribution < 1.29 is 9.53 Å². The molecule has 0 aliphatic carbocycles. The number of carbonyl (C=O) groups excluding carboxylic acids is 1. The van der Waals surface area contributed by atoms with Gasteiger partial charge in [-0.1, -0.05) is 6.07 Å². The lowest BCUT2D eigenvalue weighted by Crippen LogP contribution is -2.47. The third-order valence-corrected chi connectivity index (χ3v) is 5.87. The van der Waals surface area contributed by atoms with Crippen molar-refractivity contribution in [2.45, 2.75) is 25.5 Å². The van der Waals surface area contributed by atoms with E-state index in [0.29, 0.717) is 18.9 Å². The van der Waals surface area contributed by atoms with Crippen molar-refractivity contribution in [1.29, 1.82) is 0 Å². The Morgan fingerprint density at radius 1 is 1.38 bits per heavy atom. The molecule has 0 aromatic carbocycles. The molecule has 1 saturated heterocycles. The summed E-state index contributed by atoms with van der Waals surface area (Å²) in [5.41, 5.74) is 3.22. The summed E-state index contributed by atoms with van der Waals surface area (Å²) in [4.78, 5) is 16.8. The largest absolute Gasteiger partial charge is 0.384 e. The van der Waals surface area contributed by atoms with Crippen molar-refractivity contribution in [3.05, 3.63) is 35.8 Å². The van der Waals surface area contributed by atoms with Crippen molar-refractivity contribution >= 4 is 23.3 Å². The first kappa shape index (κ1) is 19.2. The number of hydrogen-bond donors (Lipinski definition) is 2. The highest BCUT2D eigenvalue weighted by molar-refractivity contribution is 7.99. The van der Waals surface area contributed by atoms with Gasteiger partial charge in [0.25, 0.3) is 0 Å². The number of carbonyl (C=O) groups is 1. The second kappa shape index (κ2) is 8.88. The maximum atomic E-state index is 12.2. The predicted octanol–water partition coefficient (Wildman–Crippen LogP) is 2.01. The van der Waals surface area contributed by atoms with E-state index in [1.165, 1.54) is 5.56 Å². The summed E-state index contributed by atoms with van der Waals surface area (Å²) in [6, 6.07) is 4.08. The number of amides is 1. The molecule has 3 heterocycles. The Balaban J connectivity index is 1.44. The SMILES string of the molecule is COCC1(CNC(=O)CSCc2cn3cc(C)ccc3n2)CCNCC1. The minimum Gasteiger partial charge on any atom is -0.384 e. The molecule has 2 N–H and O–H groups in total. The van der Waals surface area contributed by atoms with Gasteiger partial charge in [0, 0.05) is 37.2 Å². The molecule has 2 aromatic rings. The highest BCUT2D eigenvalue weighted by Gasteiger charge is 2.32. The molecule has 0 saturated carbocycles. The molecule has 1 aliphatic heterocycles. The van der Waals surface area contributed by atoms with Gasteiger partial charge >= 0.3 is 0 Å². The Hall–Kier alpha value is -1.57. The van der Waals surface area contributed by atoms with Crippen molar-refractivity contribution in [2.75, 3.05) is 39.1 Å². The van der Waals surface area contributed by atoms with E-state index in [4.69, 9.17) is 4.74 Å². The van der Waals surface area contributed by atoms with Gasteiger partial charge in [-0.3, -0.25) is 4.79 Å². The first-order chi connectivity index (χ1) is 12.6. The average Bonchev–Trinajstić information content (AvgIpc) is 3.03. The maximum absolute atomic E-state index is 12.2. The number of ether oxygens (including phenoxy) is 1. The predicted molar refractivity (Wildman–Crippen MR) is 106 cm³/mol. The zero-order chi connectivity index (χ0) is 18.4. The first-order valence-corrected chi connectivity index (χ1v) is 10.2. The lowest BCUT2D eigenvalue weighted by atomic mass is 9.79. The second-order valence-electron chi connectivity index (χ2n) is 7.16. The molecular weight excluding hydrogens is 348 g/mol. The molecule has 142 valence electrons. The van der Waals surface area contributed by atoms with Crippen LogP contribution in [0.5, 0.6) is 0 Å². The minimum atomic E-state index is 0.0692. The molecule has 1 aliphatic rings. The van der Waals surface area contributed by atoms with Gasteiger partial charge in [0.05, 0.1) is 18.1 Å². The van der Waals surface area contributed by atoms with Crippen LogP contribution < -0.4 is 10.6 Å². The van der Waals surface area contributed by atoms with E-state index in [-0.39, 0.29) is 11.3 Å². The second-order valence-corrected chi connectivity index (χ2v) is 8.14. The van der Waals surface area contributed by atoms with E-state index in [2.05, 4.69) is 34.8 Å². The van der Waals surface area contributed by atoms with Crippen LogP contribution in [0.4, 0.5) is 0 Å². The lowest BCUT2D eigenvalue weighted by Gasteiger charge is -2.37. The number of piperidine rings is 1. The highest BCUT2D eigenvalue weighted by atomic mass is 32.2. The van der Waals surface area contributed by atoms with Gasteiger partial charge < -0.3 is 19.8 Å². The molecule has 1 fully saturated rings. The van der Waals surface area contributed by atoms with E-state index in [1.54, 1.807) is 18.9 Å². The Morgan fingerprint density at radius 2 is 2.19 bits per heavy atom. The van der Waals surface area contributed by atoms with Crippen molar-refractivity contribution in [3.63, 3.8) is 0 Å². The van der Waals surface area contributed by atoms with Gasteiger partial charge in [0.2, 0.25) is 5.91 Å². The summed E-state index contributed by atoms with van der Waals surface area (Å²) in [6.45, 7) is 5.43. The summed E-state index contributed by atoms with van der Waals surface area (Å²) in [5.74, 6) is 1.28. The van der Waals surface area contributed by atoms with E-state index in [9.17, 15) is 4.79 Å². The Labute approximate surface area is 159 Å². The molecule has 0 bridgehead atoms. The molecule has 0 radical (unpaired) electrons. The number of methoxy groups -OCH3 is 1. The van der Waals surface area contributed by atoms with Crippen molar-refractivity contribution in [3.8, 4) is 0 Å². The van der Waals surface area contributed by atoms with Gasteiger partial charge in [0.15, 0.2) is 0 Å². The summed E-state index contributed by atoms with van der Waals surface area (Å²) >= 11 is 1.60. The van der Waals surface area contributed by atoms with E-state index >= 15 is 0 Å². The van der Waals surface area contributed by atoms with Crippen LogP contribution in [0.1, 0.15) is 24.1 Å². The number of aryl methyl sites for hydroxylation is 1. The van der Waals surface area contributed by atoms with Crippen LogP contribution in [0.15, 0.2) is 24.5 Å². The van der Waals surface area contributed by atoms with Gasteiger partial charge in [0.1, 0.15) is 5.65 Å². The average molecular weight is 377 g/mol. The zero-order valence-corrected chi connectivity index (χ0v) is 16.4. The van der Waals surface area contributed by atoms with Crippen LogP contribution in [0, 0.1) is 12.3 Å². The fraction of sp³-hybridized carbons (Fsp3) is 0.579. The Morgan fingerprint density at radius 3 is 2.96 bits per heavy atom. The number of fused-ring (bicyclic) bond motifs is 1. The first-order valence-electron chi connectivity index (χ1n) is 9.09. The topological polar surface area (TPSA) is 67.7 Å². The molecule has 0 unspecified atom stereocenters. The minimum absolute atomic E-state index is 0.0692. The van der Waals surface area contributed by atoms with Gasteiger partial charge in [-0.15, -0.1) is 11.8 Å². The molecular formula is C19H28N4O2S. The fourth-order valence-corrected chi connectivity index (χ4v) is 4.18. The number of hydrogen-bond acceptors (Lipinski definition) is 5. The number of pyridine rings is 1. The molecule has 3 rings (SSSR count). The summed E-state index contributed by atoms with van der Waals surface area (Å²) in [6.07, 6.45) is 6.18. The number of rotatable bonds is 8. The normalized spacial score (nSPS) is 16.7. The van der Waals surface area contributed by atoms with Crippen LogP contribution in [0.25, 0.3) is 5.65 Å². The molecule has 7 heteroatoms. The summed E-state index contributed by atoms with van der Waals surface area (Å²) < 4.78 is 7.44. The van der Waals surface area contributed by atoms with Gasteiger partial charge in [-0.2, -0.15) is 0 Å². The third kappa shape index (κ3) is 4.99. The molecule has 1 amide bonds. The van der Waals surface area contributed by atoms with Crippen LogP contribution in [-0.2, 0) is 15.3 Å². The molecule has 0 atom stereocenters. The van der Waals surface area contributed by atoms with E-state index in [0.717, 1.165) is 43.0 Å². The number of nitrogens with zero attached hydrogens (tertiary/aromatic N) is 2. The van der Waals surface area contributed by atoms with Gasteiger partial charge in [-0.25, -0.2) is 4.98 Å². The van der Waals surface area contributed by atoms with Crippen molar-refractivity contribution in [1.82, 2.24) is 20.0 Å². The number of thioether (sulfide) groups is 1. The molecule has 2 aromatic heterocycles. The fourth-order valence-electron chi connectivity index (χ4n) is 3.45. The van der Waals surface area contributed by atoms with E-state index < -0.39 is 0 Å². The molecule has 6 nitrogen and oxygen atoms in total. The molecule has 0 spiro atoms. The Bertz CT molecular complexity index is 735. The Kier molecular flexibility index (Phi) is 6.56. The van der Waals surface area contributed by atoms with Crippen LogP contribution in [0.3, 0.4) is 0 Å². The smallest absolute Gasteiger partial charge is 0.230 e. The van der Waals surface area contributed by atoms with Crippen LogP contribution in [-0.4, -0.2) is 54.4 Å². The highest BCUT2D eigenvalue weighted by Crippen LogP contribution is 2.28.